The highest BCUT2D eigenvalue weighted by atomic mass is 19.4. The molecule has 2 aliphatic rings. The van der Waals surface area contributed by atoms with Gasteiger partial charge in [-0.25, -0.2) is 0 Å². The minimum absolute atomic E-state index is 0.0321. The Labute approximate surface area is 197 Å². The van der Waals surface area contributed by atoms with Gasteiger partial charge < -0.3 is 15.2 Å². The van der Waals surface area contributed by atoms with E-state index in [0.717, 1.165) is 50.9 Å². The van der Waals surface area contributed by atoms with E-state index in [2.05, 4.69) is 46.1 Å². The summed E-state index contributed by atoms with van der Waals surface area (Å²) in [4.78, 5) is 26.7. The van der Waals surface area contributed by atoms with Gasteiger partial charge in [-0.1, -0.05) is 6.07 Å². The maximum Gasteiger partial charge on any atom is 0.416 e. The molecule has 2 amide bonds. The lowest BCUT2D eigenvalue weighted by Gasteiger charge is -2.47. The van der Waals surface area contributed by atoms with Crippen molar-refractivity contribution in [2.75, 3.05) is 19.6 Å². The molecule has 1 saturated carbocycles. The van der Waals surface area contributed by atoms with Gasteiger partial charge in [0, 0.05) is 42.1 Å². The number of hydrogen-bond acceptors (Lipinski definition) is 3. The first-order valence-corrected chi connectivity index (χ1v) is 11.7. The number of rotatable bonds is 6. The number of nitrogens with one attached hydrogen (secondary N) is 2. The zero-order valence-electron chi connectivity index (χ0n) is 19.5. The summed E-state index contributed by atoms with van der Waals surface area (Å²) < 4.78 is 40.9. The van der Waals surface area contributed by atoms with E-state index in [9.17, 15) is 22.8 Å². The van der Waals surface area contributed by atoms with Gasteiger partial charge in [0.2, 0.25) is 5.91 Å². The van der Waals surface area contributed by atoms with E-state index in [0.29, 0.717) is 12.1 Å². The van der Waals surface area contributed by atoms with Gasteiger partial charge in [-0.15, -0.1) is 0 Å². The Balaban J connectivity index is 1.17. The third-order valence-electron chi connectivity index (χ3n) is 7.01. The lowest BCUT2D eigenvalue weighted by molar-refractivity contribution is -0.137. The van der Waals surface area contributed by atoms with E-state index in [4.69, 9.17) is 0 Å². The Morgan fingerprint density at radius 1 is 0.971 bits per heavy atom. The van der Waals surface area contributed by atoms with Crippen molar-refractivity contribution in [2.45, 2.75) is 63.8 Å². The molecule has 6 nitrogen and oxygen atoms in total. The average molecular weight is 477 g/mol. The molecule has 184 valence electrons. The third-order valence-corrected chi connectivity index (χ3v) is 7.01. The number of nitrogens with zero attached hydrogens (tertiary/aromatic N) is 2. The molecule has 1 aliphatic heterocycles. The maximum absolute atomic E-state index is 12.8. The highest BCUT2D eigenvalue weighted by Crippen LogP contribution is 2.34. The van der Waals surface area contributed by atoms with Gasteiger partial charge in [-0.3, -0.25) is 14.5 Å². The number of aromatic nitrogens is 1. The summed E-state index contributed by atoms with van der Waals surface area (Å²) in [6.07, 6.45) is 0.0420. The van der Waals surface area contributed by atoms with E-state index < -0.39 is 17.6 Å². The van der Waals surface area contributed by atoms with Gasteiger partial charge in [-0.2, -0.15) is 13.2 Å². The second-order valence-electron chi connectivity index (χ2n) is 9.43. The minimum atomic E-state index is -4.52. The highest BCUT2D eigenvalue weighted by Gasteiger charge is 2.36. The largest absolute Gasteiger partial charge is 0.416 e. The summed E-state index contributed by atoms with van der Waals surface area (Å²) in [5.41, 5.74) is 1.60. The molecule has 34 heavy (non-hydrogen) atoms. The predicted octanol–water partition coefficient (Wildman–Crippen LogP) is 3.84. The number of carbonyl (C=O) groups excluding carboxylic acids is 2. The predicted molar refractivity (Wildman–Crippen MR) is 122 cm³/mol. The third kappa shape index (κ3) is 5.46. The quantitative estimate of drug-likeness (QED) is 0.666. The lowest BCUT2D eigenvalue weighted by Crippen LogP contribution is -2.63. The van der Waals surface area contributed by atoms with Crippen LogP contribution in [0.15, 0.2) is 36.4 Å². The fraction of sp³-hybridized carbons (Fsp3) is 0.520. The Morgan fingerprint density at radius 2 is 1.59 bits per heavy atom. The number of benzene rings is 1. The number of amides is 2. The monoisotopic (exact) mass is 476 g/mol. The molecule has 2 N–H and O–H groups in total. The molecule has 4 rings (SSSR count). The summed E-state index contributed by atoms with van der Waals surface area (Å²) in [5, 5.41) is 5.29. The molecule has 0 atom stereocenters. The molecule has 2 aromatic rings. The molecule has 1 aromatic carbocycles. The van der Waals surface area contributed by atoms with Crippen LogP contribution in [0, 0.1) is 13.8 Å². The molecule has 1 saturated heterocycles. The minimum Gasteiger partial charge on any atom is -0.349 e. The number of halogens is 3. The van der Waals surface area contributed by atoms with Crippen LogP contribution in [0.5, 0.6) is 0 Å². The van der Waals surface area contributed by atoms with E-state index in [1.807, 2.05) is 0 Å². The lowest BCUT2D eigenvalue weighted by atomic mass is 9.87. The van der Waals surface area contributed by atoms with Crippen molar-refractivity contribution < 1.29 is 22.8 Å². The molecule has 2 heterocycles. The fourth-order valence-electron chi connectivity index (χ4n) is 5.22. The van der Waals surface area contributed by atoms with Crippen molar-refractivity contribution in [1.82, 2.24) is 20.1 Å². The van der Waals surface area contributed by atoms with Crippen LogP contribution >= 0.6 is 0 Å². The second-order valence-corrected chi connectivity index (χ2v) is 9.43. The topological polar surface area (TPSA) is 66.4 Å². The van der Waals surface area contributed by atoms with Gasteiger partial charge in [0.1, 0.15) is 0 Å². The van der Waals surface area contributed by atoms with E-state index in [-0.39, 0.29) is 24.1 Å². The summed E-state index contributed by atoms with van der Waals surface area (Å²) in [6.45, 7) is 5.61. The molecule has 0 radical (unpaired) electrons. The van der Waals surface area contributed by atoms with E-state index >= 15 is 0 Å². The summed E-state index contributed by atoms with van der Waals surface area (Å²) >= 11 is 0. The number of hydrogen-bond donors (Lipinski definition) is 2. The van der Waals surface area contributed by atoms with Gasteiger partial charge in [-0.05, 0) is 69.9 Å². The average Bonchev–Trinajstić information content (AvgIpc) is 3.12. The molecule has 0 unspecified atom stereocenters. The SMILES string of the molecule is Cc1ccc(C)n1[C@H]1CC[C@@H](N2CC(NC(=O)CNC(=O)c3cccc(C(F)(F)F)c3)C2)CC1. The van der Waals surface area contributed by atoms with Gasteiger partial charge in [0.25, 0.3) is 5.91 Å². The van der Waals surface area contributed by atoms with Gasteiger partial charge in [0.15, 0.2) is 0 Å². The van der Waals surface area contributed by atoms with Gasteiger partial charge in [0.05, 0.1) is 18.2 Å². The molecule has 2 fully saturated rings. The van der Waals surface area contributed by atoms with Gasteiger partial charge >= 0.3 is 6.18 Å². The zero-order valence-corrected chi connectivity index (χ0v) is 19.5. The molecular formula is C25H31F3N4O2. The Kier molecular flexibility index (Phi) is 7.02. The molecule has 1 aromatic heterocycles. The molecule has 1 aliphatic carbocycles. The first-order chi connectivity index (χ1) is 16.1. The molecular weight excluding hydrogens is 445 g/mol. The number of carbonyl (C=O) groups is 2. The highest BCUT2D eigenvalue weighted by molar-refractivity contribution is 5.96. The first kappa shape index (κ1) is 24.3. The fourth-order valence-corrected chi connectivity index (χ4v) is 5.22. The summed E-state index contributed by atoms with van der Waals surface area (Å²) in [7, 11) is 0. The van der Waals surface area contributed by atoms with Crippen molar-refractivity contribution in [3.63, 3.8) is 0 Å². The normalized spacial score (nSPS) is 21.7. The number of aryl methyl sites for hydroxylation is 2. The standard InChI is InChI=1S/C25H31F3N4O2/c1-16-6-7-17(2)32(16)22-10-8-21(9-11-22)31-14-20(15-31)30-23(33)13-29-24(34)18-4-3-5-19(12-18)25(26,27)28/h3-7,12,20-22H,8-11,13-15H2,1-2H3,(H,29,34)(H,30,33)/t21-,22+. The maximum atomic E-state index is 12.8. The van der Waals surface area contributed by atoms with Crippen molar-refractivity contribution in [1.29, 1.82) is 0 Å². The van der Waals surface area contributed by atoms with Crippen LogP contribution < -0.4 is 10.6 Å². The van der Waals surface area contributed by atoms with Crippen molar-refractivity contribution in [2.24, 2.45) is 0 Å². The summed E-state index contributed by atoms with van der Waals surface area (Å²) in [5.74, 6) is -1.05. The van der Waals surface area contributed by atoms with Crippen molar-refractivity contribution in [3.8, 4) is 0 Å². The Morgan fingerprint density at radius 3 is 2.21 bits per heavy atom. The second kappa shape index (κ2) is 9.82. The van der Waals surface area contributed by atoms with Crippen molar-refractivity contribution >= 4 is 11.8 Å². The Hall–Kier alpha value is -2.81. The van der Waals surface area contributed by atoms with Crippen LogP contribution in [0.25, 0.3) is 0 Å². The molecule has 0 bridgehead atoms. The van der Waals surface area contributed by atoms with Crippen molar-refractivity contribution in [3.05, 3.63) is 58.9 Å². The number of likely N-dealkylation sites (tertiary alicyclic amines) is 1. The van der Waals surface area contributed by atoms with E-state index in [1.165, 1.54) is 23.5 Å². The smallest absolute Gasteiger partial charge is 0.349 e. The summed E-state index contributed by atoms with van der Waals surface area (Å²) in [6, 6.07) is 9.62. The van der Waals surface area contributed by atoms with Crippen LogP contribution in [-0.4, -0.2) is 53.0 Å². The first-order valence-electron chi connectivity index (χ1n) is 11.7. The zero-order chi connectivity index (χ0) is 24.5. The van der Waals surface area contributed by atoms with Crippen LogP contribution in [0.1, 0.15) is 59.0 Å². The van der Waals surface area contributed by atoms with Crippen LogP contribution in [0.4, 0.5) is 13.2 Å². The van der Waals surface area contributed by atoms with Crippen LogP contribution in [0.2, 0.25) is 0 Å². The molecule has 9 heteroatoms. The number of alkyl halides is 3. The van der Waals surface area contributed by atoms with Crippen LogP contribution in [0.3, 0.4) is 0 Å². The molecule has 0 spiro atoms. The van der Waals surface area contributed by atoms with E-state index in [1.54, 1.807) is 0 Å². The Bertz CT molecular complexity index is 1020. The van der Waals surface area contributed by atoms with Crippen LogP contribution in [-0.2, 0) is 11.0 Å².